The number of hydrogen-bond donors (Lipinski definition) is 1. The first-order valence-electron chi connectivity index (χ1n) is 10.8. The summed E-state index contributed by atoms with van der Waals surface area (Å²) in [5.74, 6) is 1.04. The van der Waals surface area contributed by atoms with E-state index in [1.807, 2.05) is 43.3 Å². The molecule has 1 fully saturated rings. The molecule has 0 bridgehead atoms. The van der Waals surface area contributed by atoms with Crippen LogP contribution in [-0.2, 0) is 4.79 Å². The van der Waals surface area contributed by atoms with Gasteiger partial charge in [-0.2, -0.15) is 0 Å². The van der Waals surface area contributed by atoms with Crippen LogP contribution in [0.4, 0.5) is 11.4 Å². The minimum atomic E-state index is -0.167. The van der Waals surface area contributed by atoms with Crippen LogP contribution in [0.1, 0.15) is 51.2 Å². The molecule has 0 saturated carbocycles. The highest BCUT2D eigenvalue weighted by molar-refractivity contribution is 8.18. The van der Waals surface area contributed by atoms with Crippen LogP contribution in [0.25, 0.3) is 6.08 Å². The third-order valence-corrected chi connectivity index (χ3v) is 7.31. The molecule has 0 radical (unpaired) electrons. The molecule has 0 aromatic heterocycles. The van der Waals surface area contributed by atoms with Crippen molar-refractivity contribution >= 4 is 51.9 Å². The van der Waals surface area contributed by atoms with E-state index in [0.717, 1.165) is 29.1 Å². The Bertz CT molecular complexity index is 1110. The van der Waals surface area contributed by atoms with Crippen molar-refractivity contribution in [3.63, 3.8) is 0 Å². The molecular weight excluding hydrogens is 442 g/mol. The number of amides is 1. The van der Waals surface area contributed by atoms with E-state index in [2.05, 4.69) is 49.1 Å². The first-order chi connectivity index (χ1) is 15.2. The molecule has 0 aliphatic carbocycles. The standard InChI is InChI=1S/C25H28ClN3O2S/c1-6-31-18-9-7-17(8-10-18)27-24-28-23(30)22(32-24)12-16-11-19-15(2)14-25(3,4)29(5)21(19)13-20(16)26/h7-13,15H,6,14H2,1-5H3,(H,27,28,30)/b22-12-. The number of hydrogen-bond acceptors (Lipinski definition) is 5. The molecular formula is C25H28ClN3O2S. The maximum Gasteiger partial charge on any atom is 0.264 e. The molecule has 2 aromatic carbocycles. The number of carbonyl (C=O) groups is 1. The molecule has 1 N–H and O–H groups in total. The molecule has 2 heterocycles. The van der Waals surface area contributed by atoms with Crippen LogP contribution in [0.2, 0.25) is 5.02 Å². The number of carbonyl (C=O) groups excluding carboxylic acids is 1. The maximum atomic E-state index is 12.6. The summed E-state index contributed by atoms with van der Waals surface area (Å²) in [7, 11) is 2.11. The van der Waals surface area contributed by atoms with Gasteiger partial charge in [0, 0.05) is 23.3 Å². The minimum absolute atomic E-state index is 0.0726. The van der Waals surface area contributed by atoms with Crippen molar-refractivity contribution in [1.29, 1.82) is 0 Å². The monoisotopic (exact) mass is 469 g/mol. The highest BCUT2D eigenvalue weighted by atomic mass is 35.5. The van der Waals surface area contributed by atoms with Gasteiger partial charge < -0.3 is 15.0 Å². The van der Waals surface area contributed by atoms with Gasteiger partial charge in [0.25, 0.3) is 5.91 Å². The molecule has 4 rings (SSSR count). The summed E-state index contributed by atoms with van der Waals surface area (Å²) in [4.78, 5) is 20.0. The molecule has 32 heavy (non-hydrogen) atoms. The second kappa shape index (κ2) is 8.83. The molecule has 1 atom stereocenters. The maximum absolute atomic E-state index is 12.6. The Morgan fingerprint density at radius 2 is 2.03 bits per heavy atom. The molecule has 7 heteroatoms. The van der Waals surface area contributed by atoms with E-state index in [4.69, 9.17) is 16.3 Å². The molecule has 0 spiro atoms. The van der Waals surface area contributed by atoms with Crippen molar-refractivity contribution in [3.05, 3.63) is 57.5 Å². The minimum Gasteiger partial charge on any atom is -0.494 e. The fourth-order valence-corrected chi connectivity index (χ4v) is 5.28. The van der Waals surface area contributed by atoms with Gasteiger partial charge in [-0.15, -0.1) is 0 Å². The molecule has 1 saturated heterocycles. The zero-order valence-electron chi connectivity index (χ0n) is 19.0. The molecule has 2 aliphatic rings. The van der Waals surface area contributed by atoms with E-state index < -0.39 is 0 Å². The average molecular weight is 470 g/mol. The van der Waals surface area contributed by atoms with Crippen LogP contribution in [-0.4, -0.2) is 30.3 Å². The predicted octanol–water partition coefficient (Wildman–Crippen LogP) is 6.35. The van der Waals surface area contributed by atoms with E-state index in [9.17, 15) is 4.79 Å². The van der Waals surface area contributed by atoms with Crippen molar-refractivity contribution in [2.24, 2.45) is 4.99 Å². The topological polar surface area (TPSA) is 53.9 Å². The first-order valence-corrected chi connectivity index (χ1v) is 12.0. The number of rotatable bonds is 4. The number of amidine groups is 1. The Hall–Kier alpha value is -2.44. The Labute approximate surface area is 198 Å². The smallest absolute Gasteiger partial charge is 0.264 e. The lowest BCUT2D eigenvalue weighted by Crippen LogP contribution is -2.45. The summed E-state index contributed by atoms with van der Waals surface area (Å²) in [6.45, 7) is 9.31. The summed E-state index contributed by atoms with van der Waals surface area (Å²) in [5, 5.41) is 4.03. The van der Waals surface area contributed by atoms with Gasteiger partial charge in [0.2, 0.25) is 0 Å². The number of ether oxygens (including phenoxy) is 1. The Morgan fingerprint density at radius 3 is 2.72 bits per heavy atom. The predicted molar refractivity (Wildman–Crippen MR) is 135 cm³/mol. The van der Waals surface area contributed by atoms with Gasteiger partial charge in [-0.25, -0.2) is 4.99 Å². The third kappa shape index (κ3) is 4.52. The SMILES string of the molecule is CCOc1ccc(N=C2NC(=O)/C(=C/c3cc4c(cc3Cl)N(C)C(C)(C)CC4C)S2)cc1. The van der Waals surface area contributed by atoms with E-state index in [0.29, 0.717) is 27.6 Å². The second-order valence-electron chi connectivity index (χ2n) is 8.82. The lowest BCUT2D eigenvalue weighted by Gasteiger charge is -2.45. The van der Waals surface area contributed by atoms with Crippen LogP contribution < -0.4 is 15.0 Å². The van der Waals surface area contributed by atoms with Gasteiger partial charge in [-0.1, -0.05) is 18.5 Å². The van der Waals surface area contributed by atoms with Crippen LogP contribution >= 0.6 is 23.4 Å². The second-order valence-corrected chi connectivity index (χ2v) is 10.3. The van der Waals surface area contributed by atoms with Crippen molar-refractivity contribution in [1.82, 2.24) is 5.32 Å². The van der Waals surface area contributed by atoms with E-state index in [-0.39, 0.29) is 11.4 Å². The van der Waals surface area contributed by atoms with Crippen molar-refractivity contribution in [2.75, 3.05) is 18.6 Å². The van der Waals surface area contributed by atoms with Crippen LogP contribution in [0.5, 0.6) is 5.75 Å². The lowest BCUT2D eigenvalue weighted by atomic mass is 9.80. The molecule has 5 nitrogen and oxygen atoms in total. The van der Waals surface area contributed by atoms with Crippen molar-refractivity contribution < 1.29 is 9.53 Å². The average Bonchev–Trinajstić information content (AvgIpc) is 3.07. The van der Waals surface area contributed by atoms with Gasteiger partial charge in [0.05, 0.1) is 17.2 Å². The molecule has 1 amide bonds. The highest BCUT2D eigenvalue weighted by Crippen LogP contribution is 2.45. The Balaban J connectivity index is 1.59. The number of benzene rings is 2. The number of thioether (sulfide) groups is 1. The Kier molecular flexibility index (Phi) is 6.28. The van der Waals surface area contributed by atoms with Crippen molar-refractivity contribution in [2.45, 2.75) is 45.6 Å². The molecule has 2 aliphatic heterocycles. The zero-order chi connectivity index (χ0) is 23.0. The van der Waals surface area contributed by atoms with E-state index in [1.165, 1.54) is 17.3 Å². The highest BCUT2D eigenvalue weighted by Gasteiger charge is 2.34. The van der Waals surface area contributed by atoms with E-state index >= 15 is 0 Å². The quantitative estimate of drug-likeness (QED) is 0.530. The van der Waals surface area contributed by atoms with Gasteiger partial charge >= 0.3 is 0 Å². The number of fused-ring (bicyclic) bond motifs is 1. The van der Waals surface area contributed by atoms with E-state index in [1.54, 1.807) is 0 Å². The number of halogens is 1. The molecule has 2 aromatic rings. The number of nitrogens with zero attached hydrogens (tertiary/aromatic N) is 2. The van der Waals surface area contributed by atoms with Crippen LogP contribution in [0.15, 0.2) is 46.3 Å². The van der Waals surface area contributed by atoms with Gasteiger partial charge in [0.15, 0.2) is 5.17 Å². The van der Waals surface area contributed by atoms with Gasteiger partial charge in [-0.05, 0) is 98.5 Å². The first kappa shape index (κ1) is 22.7. The zero-order valence-corrected chi connectivity index (χ0v) is 20.6. The summed E-state index contributed by atoms with van der Waals surface area (Å²) in [5.41, 5.74) is 4.09. The fraction of sp³-hybridized carbons (Fsp3) is 0.360. The third-order valence-electron chi connectivity index (χ3n) is 6.07. The summed E-state index contributed by atoms with van der Waals surface area (Å²) >= 11 is 7.97. The largest absolute Gasteiger partial charge is 0.494 e. The molecule has 1 unspecified atom stereocenters. The van der Waals surface area contributed by atoms with Crippen molar-refractivity contribution in [3.8, 4) is 5.75 Å². The molecule has 168 valence electrons. The number of nitrogens with one attached hydrogen (secondary N) is 1. The summed E-state index contributed by atoms with van der Waals surface area (Å²) < 4.78 is 5.46. The summed E-state index contributed by atoms with van der Waals surface area (Å²) in [6.07, 6.45) is 2.91. The summed E-state index contributed by atoms with van der Waals surface area (Å²) in [6, 6.07) is 11.6. The van der Waals surface area contributed by atoms with Gasteiger partial charge in [0.1, 0.15) is 5.75 Å². The van der Waals surface area contributed by atoms with Crippen LogP contribution in [0, 0.1) is 0 Å². The normalized spacial score (nSPS) is 22.2. The Morgan fingerprint density at radius 1 is 1.31 bits per heavy atom. The number of aliphatic imine (C=N–C) groups is 1. The van der Waals surface area contributed by atoms with Gasteiger partial charge in [-0.3, -0.25) is 4.79 Å². The van der Waals surface area contributed by atoms with Crippen LogP contribution in [0.3, 0.4) is 0 Å². The fourth-order valence-electron chi connectivity index (χ4n) is 4.24. The lowest BCUT2D eigenvalue weighted by molar-refractivity contribution is -0.115. The number of anilines is 1.